The number of hydrogen-bond donors (Lipinski definition) is 3. The van der Waals surface area contributed by atoms with Crippen molar-refractivity contribution in [3.63, 3.8) is 0 Å². The van der Waals surface area contributed by atoms with E-state index in [-0.39, 0.29) is 41.9 Å². The minimum atomic E-state index is -4.06. The third-order valence-electron chi connectivity index (χ3n) is 5.85. The molecule has 2 aromatic heterocycles. The first kappa shape index (κ1) is 30.1. The molecule has 0 amide bonds. The van der Waals surface area contributed by atoms with Gasteiger partial charge in [-0.3, -0.25) is 4.57 Å². The number of ether oxygens (including phenoxy) is 1. The van der Waals surface area contributed by atoms with Gasteiger partial charge in [-0.15, -0.1) is 0 Å². The van der Waals surface area contributed by atoms with E-state index < -0.39 is 33.7 Å². The Labute approximate surface area is 226 Å². The largest absolute Gasteiger partial charge is 0.550 e. The van der Waals surface area contributed by atoms with Gasteiger partial charge in [0.1, 0.15) is 5.52 Å². The number of carbonyl (C=O) groups is 1. The number of carboxylic acid groups (broad SMARTS) is 1. The summed E-state index contributed by atoms with van der Waals surface area (Å²) in [5.74, 6) is -1.23. The quantitative estimate of drug-likeness (QED) is 0.218. The van der Waals surface area contributed by atoms with Crippen molar-refractivity contribution in [2.75, 3.05) is 25.4 Å². The van der Waals surface area contributed by atoms with E-state index in [2.05, 4.69) is 15.0 Å². The van der Waals surface area contributed by atoms with Gasteiger partial charge < -0.3 is 30.5 Å². The molecule has 0 radical (unpaired) electrons. The number of aromatic amines is 1. The summed E-state index contributed by atoms with van der Waals surface area (Å²) < 4.78 is 35.0. The van der Waals surface area contributed by atoms with Gasteiger partial charge in [0.05, 0.1) is 17.1 Å². The van der Waals surface area contributed by atoms with Crippen LogP contribution < -0.4 is 21.3 Å². The van der Waals surface area contributed by atoms with Crippen molar-refractivity contribution >= 4 is 33.0 Å². The maximum atomic E-state index is 13.4. The fraction of sp³-hybridized carbons (Fsp3) is 0.520. The number of H-pyrrole nitrogens is 1. The van der Waals surface area contributed by atoms with E-state index in [1.807, 2.05) is 6.92 Å². The molecule has 0 unspecified atom stereocenters. The molecule has 0 fully saturated rings. The van der Waals surface area contributed by atoms with Crippen LogP contribution in [0.15, 0.2) is 34.0 Å². The van der Waals surface area contributed by atoms with Gasteiger partial charge in [0.15, 0.2) is 11.5 Å². The highest BCUT2D eigenvalue weighted by Crippen LogP contribution is 2.22. The van der Waals surface area contributed by atoms with Crippen LogP contribution in [0.3, 0.4) is 0 Å². The Hall–Kier alpha value is -3.49. The Kier molecular flexibility index (Phi) is 9.69. The molecule has 0 saturated heterocycles. The molecule has 214 valence electrons. The highest BCUT2D eigenvalue weighted by molar-refractivity contribution is 7.89. The predicted octanol–water partition coefficient (Wildman–Crippen LogP) is 0.415. The number of imidazole rings is 1. The number of carboxylic acids is 1. The Bertz CT molecular complexity index is 1460. The van der Waals surface area contributed by atoms with E-state index >= 15 is 0 Å². The van der Waals surface area contributed by atoms with Crippen LogP contribution in [0, 0.1) is 0 Å². The van der Waals surface area contributed by atoms with E-state index in [1.54, 1.807) is 0 Å². The molecule has 0 aliphatic carbocycles. The van der Waals surface area contributed by atoms with Crippen LogP contribution in [0.1, 0.15) is 52.0 Å². The molecule has 0 saturated carbocycles. The van der Waals surface area contributed by atoms with Crippen molar-refractivity contribution in [2.45, 2.75) is 69.9 Å². The first-order valence-corrected chi connectivity index (χ1v) is 14.2. The maximum Gasteiger partial charge on any atom is 0.327 e. The fourth-order valence-electron chi connectivity index (χ4n) is 4.02. The lowest BCUT2D eigenvalue weighted by Crippen LogP contribution is -2.42. The number of aliphatic carboxylic acids is 1. The van der Waals surface area contributed by atoms with Crippen LogP contribution in [0.2, 0.25) is 0 Å². The molecule has 3 aromatic rings. The number of nitrogens with one attached hydrogen (secondary N) is 1. The number of aryl methyl sites for hydroxylation is 1. The zero-order valence-corrected chi connectivity index (χ0v) is 23.2. The molecule has 0 bridgehead atoms. The molecule has 39 heavy (non-hydrogen) atoms. The minimum absolute atomic E-state index is 0.0522. The average Bonchev–Trinajstić information content (AvgIpc) is 3.16. The number of fused-ring (bicyclic) bond motifs is 1. The second-order valence-electron chi connectivity index (χ2n) is 9.93. The molecule has 0 aliphatic rings. The topological polar surface area (TPSA) is 197 Å². The second kappa shape index (κ2) is 12.6. The molecule has 1 aromatic carbocycles. The summed E-state index contributed by atoms with van der Waals surface area (Å²) in [5, 5.41) is 21.4. The summed E-state index contributed by atoms with van der Waals surface area (Å²) in [6.45, 7) is 5.52. The number of anilines is 1. The zero-order chi connectivity index (χ0) is 28.8. The van der Waals surface area contributed by atoms with Crippen LogP contribution >= 0.6 is 0 Å². The lowest BCUT2D eigenvalue weighted by atomic mass is 10.1. The summed E-state index contributed by atoms with van der Waals surface area (Å²) in [4.78, 5) is 34.5. The number of rotatable bonds is 15. The van der Waals surface area contributed by atoms with Crippen molar-refractivity contribution in [3.8, 4) is 6.01 Å². The number of benzene rings is 1. The van der Waals surface area contributed by atoms with Crippen molar-refractivity contribution in [1.82, 2.24) is 23.8 Å². The first-order valence-electron chi connectivity index (χ1n) is 12.7. The molecular formula is C25H35N6O7S-. The highest BCUT2D eigenvalue weighted by atomic mass is 32.2. The third kappa shape index (κ3) is 8.00. The lowest BCUT2D eigenvalue weighted by molar-refractivity contribution is -0.304. The monoisotopic (exact) mass is 563 g/mol. The van der Waals surface area contributed by atoms with Gasteiger partial charge in [0, 0.05) is 32.0 Å². The lowest BCUT2D eigenvalue weighted by Gasteiger charge is -2.28. The first-order chi connectivity index (χ1) is 18.3. The second-order valence-corrected chi connectivity index (χ2v) is 11.9. The van der Waals surface area contributed by atoms with E-state index in [4.69, 9.17) is 10.5 Å². The van der Waals surface area contributed by atoms with Crippen molar-refractivity contribution < 1.29 is 28.2 Å². The van der Waals surface area contributed by atoms with Crippen LogP contribution in [-0.4, -0.2) is 68.6 Å². The molecule has 14 heteroatoms. The number of sulfonamides is 1. The number of unbranched alkanes of at least 4 members (excludes halogenated alkanes) is 2. The third-order valence-corrected chi connectivity index (χ3v) is 7.69. The number of nitrogen functional groups attached to an aromatic ring is 1. The average molecular weight is 564 g/mol. The van der Waals surface area contributed by atoms with Crippen LogP contribution in [-0.2, 0) is 27.8 Å². The van der Waals surface area contributed by atoms with Crippen molar-refractivity contribution in [3.05, 3.63) is 40.3 Å². The minimum Gasteiger partial charge on any atom is -0.550 e. The van der Waals surface area contributed by atoms with Gasteiger partial charge in [-0.1, -0.05) is 25.5 Å². The number of nitrogens with zero attached hydrogens (tertiary/aromatic N) is 4. The number of aliphatic hydroxyl groups is 1. The summed E-state index contributed by atoms with van der Waals surface area (Å²) in [7, 11) is -4.06. The van der Waals surface area contributed by atoms with Crippen molar-refractivity contribution in [1.29, 1.82) is 0 Å². The SMILES string of the molecule is CCCCOc1nc(N)c2[nH]c(=O)n(CCCCN(CC(C)(C)O)S(=O)(=O)c3cccc(CC(=O)[O-])c3)c2n1. The normalized spacial score (nSPS) is 12.3. The molecule has 0 atom stereocenters. The molecule has 2 heterocycles. The summed E-state index contributed by atoms with van der Waals surface area (Å²) in [5.41, 5.74) is 5.12. The van der Waals surface area contributed by atoms with Crippen molar-refractivity contribution in [2.24, 2.45) is 0 Å². The molecular weight excluding hydrogens is 528 g/mol. The van der Waals surface area contributed by atoms with E-state index in [0.717, 1.165) is 17.1 Å². The van der Waals surface area contributed by atoms with Crippen LogP contribution in [0.25, 0.3) is 11.2 Å². The summed E-state index contributed by atoms with van der Waals surface area (Å²) in [6, 6.07) is 5.71. The standard InChI is InChI=1S/C25H36N6O7S/c1-4-5-13-38-23-28-21(26)20-22(29-23)31(24(34)27-20)12-7-6-11-30(16-25(2,3)35)39(36,37)18-10-8-9-17(14-18)15-19(32)33/h8-10,14,35H,4-7,11-13,15-16H2,1-3H3,(H,27,34)(H,32,33)(H2,26,28,29)/p-1. The Balaban J connectivity index is 1.76. The van der Waals surface area contributed by atoms with Gasteiger partial charge in [-0.05, 0) is 50.8 Å². The van der Waals surface area contributed by atoms with Gasteiger partial charge in [0.2, 0.25) is 10.0 Å². The zero-order valence-electron chi connectivity index (χ0n) is 22.3. The Morgan fingerprint density at radius 2 is 2.00 bits per heavy atom. The molecule has 0 spiro atoms. The summed E-state index contributed by atoms with van der Waals surface area (Å²) in [6.07, 6.45) is 2.08. The Morgan fingerprint density at radius 1 is 1.26 bits per heavy atom. The summed E-state index contributed by atoms with van der Waals surface area (Å²) >= 11 is 0. The predicted molar refractivity (Wildman–Crippen MR) is 142 cm³/mol. The number of hydrogen-bond acceptors (Lipinski definition) is 10. The molecule has 0 aliphatic heterocycles. The van der Waals surface area contributed by atoms with Crippen LogP contribution in [0.5, 0.6) is 6.01 Å². The van der Waals surface area contributed by atoms with Crippen LogP contribution in [0.4, 0.5) is 5.82 Å². The van der Waals surface area contributed by atoms with Gasteiger partial charge in [0.25, 0.3) is 0 Å². The smallest absolute Gasteiger partial charge is 0.327 e. The highest BCUT2D eigenvalue weighted by Gasteiger charge is 2.29. The van der Waals surface area contributed by atoms with E-state index in [0.29, 0.717) is 30.6 Å². The molecule has 4 N–H and O–H groups in total. The maximum absolute atomic E-state index is 13.4. The van der Waals surface area contributed by atoms with Gasteiger partial charge >= 0.3 is 11.7 Å². The Morgan fingerprint density at radius 3 is 2.67 bits per heavy atom. The van der Waals surface area contributed by atoms with Gasteiger partial charge in [-0.2, -0.15) is 14.3 Å². The molecule has 3 rings (SSSR count). The number of carbonyl (C=O) groups excluding carboxylic acids is 1. The molecule has 13 nitrogen and oxygen atoms in total. The number of nitrogens with two attached hydrogens (primary N) is 1. The number of aromatic nitrogens is 4. The van der Waals surface area contributed by atoms with E-state index in [1.165, 1.54) is 42.7 Å². The van der Waals surface area contributed by atoms with E-state index in [9.17, 15) is 28.2 Å². The van der Waals surface area contributed by atoms with Gasteiger partial charge in [-0.25, -0.2) is 13.2 Å². The fourth-order valence-corrected chi connectivity index (χ4v) is 5.72.